The predicted molar refractivity (Wildman–Crippen MR) is 74.9 cm³/mol. The molecule has 0 aliphatic heterocycles. The first kappa shape index (κ1) is 14.1. The zero-order chi connectivity index (χ0) is 15.1. The monoisotopic (exact) mass is 328 g/mol. The van der Waals surface area contributed by atoms with Crippen LogP contribution in [0.3, 0.4) is 0 Å². The largest absolute Gasteiger partial charge is 0.225 e. The lowest BCUT2D eigenvalue weighted by Gasteiger charge is -2.07. The van der Waals surface area contributed by atoms with Crippen molar-refractivity contribution in [2.75, 3.05) is 0 Å². The van der Waals surface area contributed by atoms with Crippen LogP contribution in [0, 0.1) is 17.5 Å². The zero-order valence-electron chi connectivity index (χ0n) is 10.2. The molecule has 0 saturated heterocycles. The molecule has 0 spiro atoms. The van der Waals surface area contributed by atoms with Gasteiger partial charge in [0.2, 0.25) is 0 Å². The molecular weight excluding hydrogens is 324 g/mol. The Morgan fingerprint density at radius 1 is 0.857 bits per heavy atom. The lowest BCUT2D eigenvalue weighted by Crippen LogP contribution is -1.97. The summed E-state index contributed by atoms with van der Waals surface area (Å²) in [5, 5.41) is 0.218. The normalized spacial score (nSPS) is 11.1. The maximum absolute atomic E-state index is 13.8. The Kier molecular flexibility index (Phi) is 3.47. The molecule has 2 aromatic carbocycles. The minimum absolute atomic E-state index is 0.0837. The first-order valence-corrected chi connectivity index (χ1v) is 6.49. The van der Waals surface area contributed by atoms with Crippen LogP contribution in [0.25, 0.3) is 22.3 Å². The molecule has 3 rings (SSSR count). The molecule has 0 aliphatic carbocycles. The summed E-state index contributed by atoms with van der Waals surface area (Å²) >= 11 is 11.9. The molecule has 0 radical (unpaired) electrons. The van der Waals surface area contributed by atoms with Crippen molar-refractivity contribution < 1.29 is 13.2 Å². The summed E-state index contributed by atoms with van der Waals surface area (Å²) in [5.74, 6) is -2.42. The van der Waals surface area contributed by atoms with Gasteiger partial charge in [0, 0.05) is 6.07 Å². The molecular formula is C14H5Cl2F3N2. The van der Waals surface area contributed by atoms with Crippen molar-refractivity contribution in [3.8, 4) is 11.4 Å². The Morgan fingerprint density at radius 2 is 1.62 bits per heavy atom. The van der Waals surface area contributed by atoms with Crippen LogP contribution in [-0.2, 0) is 0 Å². The van der Waals surface area contributed by atoms with Gasteiger partial charge in [-0.2, -0.15) is 0 Å². The van der Waals surface area contributed by atoms with Crippen LogP contribution in [0.2, 0.25) is 10.2 Å². The van der Waals surface area contributed by atoms with Gasteiger partial charge in [-0.1, -0.05) is 23.2 Å². The van der Waals surface area contributed by atoms with Crippen LogP contribution in [0.1, 0.15) is 0 Å². The summed E-state index contributed by atoms with van der Waals surface area (Å²) in [6, 6.07) is 5.34. The number of hydrogen-bond donors (Lipinski definition) is 0. The van der Waals surface area contributed by atoms with Crippen molar-refractivity contribution in [3.05, 3.63) is 58.0 Å². The highest BCUT2D eigenvalue weighted by molar-refractivity contribution is 6.41. The van der Waals surface area contributed by atoms with Gasteiger partial charge in [0.15, 0.2) is 5.82 Å². The maximum atomic E-state index is 13.8. The molecule has 2 nitrogen and oxygen atoms in total. The number of benzene rings is 2. The second-order valence-electron chi connectivity index (χ2n) is 4.22. The summed E-state index contributed by atoms with van der Waals surface area (Å²) in [7, 11) is 0. The second-order valence-corrected chi connectivity index (χ2v) is 4.98. The molecule has 7 heteroatoms. The minimum Gasteiger partial charge on any atom is -0.225 e. The van der Waals surface area contributed by atoms with Gasteiger partial charge >= 0.3 is 0 Å². The molecule has 1 aromatic heterocycles. The molecule has 1 heterocycles. The van der Waals surface area contributed by atoms with Gasteiger partial charge in [-0.15, -0.1) is 0 Å². The van der Waals surface area contributed by atoms with Gasteiger partial charge in [-0.05, 0) is 24.3 Å². The van der Waals surface area contributed by atoms with E-state index in [1.807, 2.05) is 0 Å². The summed E-state index contributed by atoms with van der Waals surface area (Å²) < 4.78 is 40.5. The van der Waals surface area contributed by atoms with Gasteiger partial charge in [0.1, 0.15) is 28.1 Å². The summed E-state index contributed by atoms with van der Waals surface area (Å²) in [4.78, 5) is 7.84. The smallest absolute Gasteiger partial charge is 0.164 e. The van der Waals surface area contributed by atoms with E-state index in [0.717, 1.165) is 18.2 Å². The SMILES string of the molecule is Fc1ccc(-c2nc(Cl)c3c(Cl)ccc(F)c3n2)c(F)c1. The Hall–Kier alpha value is -1.85. The fourth-order valence-corrected chi connectivity index (χ4v) is 2.48. The molecule has 106 valence electrons. The fourth-order valence-electron chi connectivity index (χ4n) is 1.92. The highest BCUT2D eigenvalue weighted by Crippen LogP contribution is 2.32. The standard InChI is InChI=1S/C14H5Cl2F3N2/c15-8-3-4-9(18)12-11(8)13(16)21-14(20-12)7-2-1-6(17)5-10(7)19/h1-5H. The molecule has 21 heavy (non-hydrogen) atoms. The van der Waals surface area contributed by atoms with Crippen LogP contribution < -0.4 is 0 Å². The third kappa shape index (κ3) is 2.43. The number of nitrogens with zero attached hydrogens (tertiary/aromatic N) is 2. The van der Waals surface area contributed by atoms with Crippen molar-refractivity contribution in [1.82, 2.24) is 9.97 Å². The third-order valence-electron chi connectivity index (χ3n) is 2.88. The third-order valence-corrected chi connectivity index (χ3v) is 3.47. The molecule has 0 aliphatic rings. The molecule has 0 fully saturated rings. The van der Waals surface area contributed by atoms with Crippen molar-refractivity contribution in [3.63, 3.8) is 0 Å². The average molecular weight is 329 g/mol. The van der Waals surface area contributed by atoms with Crippen molar-refractivity contribution in [1.29, 1.82) is 0 Å². The Bertz CT molecular complexity index is 868. The molecule has 0 amide bonds. The van der Waals surface area contributed by atoms with Crippen LogP contribution in [0.15, 0.2) is 30.3 Å². The lowest BCUT2D eigenvalue weighted by atomic mass is 10.1. The van der Waals surface area contributed by atoms with E-state index in [1.54, 1.807) is 0 Å². The van der Waals surface area contributed by atoms with Crippen molar-refractivity contribution in [2.45, 2.75) is 0 Å². The molecule has 0 bridgehead atoms. The quantitative estimate of drug-likeness (QED) is 0.586. The number of fused-ring (bicyclic) bond motifs is 1. The summed E-state index contributed by atoms with van der Waals surface area (Å²) in [6.45, 7) is 0. The van der Waals surface area contributed by atoms with Crippen molar-refractivity contribution in [2.24, 2.45) is 0 Å². The first-order chi connectivity index (χ1) is 9.97. The number of halogens is 5. The minimum atomic E-state index is -0.868. The summed E-state index contributed by atoms with van der Waals surface area (Å²) in [5.41, 5.74) is -0.208. The molecule has 3 aromatic rings. The highest BCUT2D eigenvalue weighted by Gasteiger charge is 2.16. The van der Waals surface area contributed by atoms with Gasteiger partial charge in [0.25, 0.3) is 0 Å². The van der Waals surface area contributed by atoms with E-state index >= 15 is 0 Å². The Morgan fingerprint density at radius 3 is 2.33 bits per heavy atom. The van der Waals surface area contributed by atoms with Gasteiger partial charge in [-0.25, -0.2) is 23.1 Å². The zero-order valence-corrected chi connectivity index (χ0v) is 11.7. The fraction of sp³-hybridized carbons (Fsp3) is 0. The van der Waals surface area contributed by atoms with Gasteiger partial charge in [0.05, 0.1) is 16.0 Å². The summed E-state index contributed by atoms with van der Waals surface area (Å²) in [6.07, 6.45) is 0. The van der Waals surface area contributed by atoms with Crippen LogP contribution in [0.4, 0.5) is 13.2 Å². The van der Waals surface area contributed by atoms with Crippen molar-refractivity contribution >= 4 is 34.1 Å². The average Bonchev–Trinajstić information content (AvgIpc) is 2.42. The van der Waals surface area contributed by atoms with Crippen LogP contribution in [-0.4, -0.2) is 9.97 Å². The molecule has 0 atom stereocenters. The van der Waals surface area contributed by atoms with Crippen LogP contribution >= 0.6 is 23.2 Å². The van der Waals surface area contributed by atoms with E-state index in [-0.39, 0.29) is 32.5 Å². The van der Waals surface area contributed by atoms with Gasteiger partial charge in [-0.3, -0.25) is 0 Å². The molecule has 0 saturated carbocycles. The molecule has 0 unspecified atom stereocenters. The molecule has 0 N–H and O–H groups in total. The predicted octanol–water partition coefficient (Wildman–Crippen LogP) is 5.02. The topological polar surface area (TPSA) is 25.8 Å². The Labute approximate surface area is 127 Å². The number of aromatic nitrogens is 2. The van der Waals surface area contributed by atoms with E-state index in [4.69, 9.17) is 23.2 Å². The lowest BCUT2D eigenvalue weighted by molar-refractivity contribution is 0.585. The van der Waals surface area contributed by atoms with E-state index in [9.17, 15) is 13.2 Å². The Balaban J connectivity index is 2.33. The highest BCUT2D eigenvalue weighted by atomic mass is 35.5. The van der Waals surface area contributed by atoms with E-state index in [0.29, 0.717) is 6.07 Å². The van der Waals surface area contributed by atoms with Crippen LogP contribution in [0.5, 0.6) is 0 Å². The van der Waals surface area contributed by atoms with Gasteiger partial charge < -0.3 is 0 Å². The van der Waals surface area contributed by atoms with E-state index in [2.05, 4.69) is 9.97 Å². The number of hydrogen-bond acceptors (Lipinski definition) is 2. The van der Waals surface area contributed by atoms with E-state index < -0.39 is 17.5 Å². The maximum Gasteiger partial charge on any atom is 0.164 e. The van der Waals surface area contributed by atoms with E-state index in [1.165, 1.54) is 6.07 Å². The second kappa shape index (κ2) is 5.16. The number of rotatable bonds is 1. The first-order valence-electron chi connectivity index (χ1n) is 5.74.